The number of H-pyrrole nitrogens is 1. The lowest BCUT2D eigenvalue weighted by atomic mass is 10.2. The van der Waals surface area contributed by atoms with Gasteiger partial charge in [-0.1, -0.05) is 0 Å². The first-order valence-electron chi connectivity index (χ1n) is 8.73. The van der Waals surface area contributed by atoms with Crippen molar-refractivity contribution in [3.05, 3.63) is 48.0 Å². The van der Waals surface area contributed by atoms with E-state index in [4.69, 9.17) is 4.42 Å². The van der Waals surface area contributed by atoms with Crippen LogP contribution in [0.25, 0.3) is 0 Å². The Labute approximate surface area is 159 Å². The lowest BCUT2D eigenvalue weighted by Gasteiger charge is -2.32. The third-order valence-electron chi connectivity index (χ3n) is 4.52. The summed E-state index contributed by atoms with van der Waals surface area (Å²) in [4.78, 5) is 30.6. The molecule has 2 amide bonds. The van der Waals surface area contributed by atoms with Crippen molar-refractivity contribution in [2.24, 2.45) is 0 Å². The molecule has 0 aliphatic carbocycles. The number of furan rings is 1. The maximum Gasteiger partial charge on any atom is 0.419 e. The van der Waals surface area contributed by atoms with Gasteiger partial charge in [0, 0.05) is 6.07 Å². The van der Waals surface area contributed by atoms with Crippen LogP contribution in [0, 0.1) is 0 Å². The first-order valence-corrected chi connectivity index (χ1v) is 8.73. The van der Waals surface area contributed by atoms with E-state index in [-0.39, 0.29) is 11.7 Å². The van der Waals surface area contributed by atoms with Gasteiger partial charge in [0.05, 0.1) is 24.9 Å². The molecular formula is C18H20F3N4O3+. The Balaban J connectivity index is 1.53. The van der Waals surface area contributed by atoms with E-state index in [0.717, 1.165) is 12.3 Å². The Morgan fingerprint density at radius 1 is 1.18 bits per heavy atom. The van der Waals surface area contributed by atoms with Crippen molar-refractivity contribution in [1.29, 1.82) is 0 Å². The zero-order valence-electron chi connectivity index (χ0n) is 15.1. The molecule has 0 bridgehead atoms. The molecule has 10 heteroatoms. The van der Waals surface area contributed by atoms with Crippen molar-refractivity contribution in [3.63, 3.8) is 0 Å². The minimum atomic E-state index is -4.39. The molecule has 3 heterocycles. The Kier molecular flexibility index (Phi) is 5.57. The van der Waals surface area contributed by atoms with Crippen LogP contribution in [0.3, 0.4) is 0 Å². The van der Waals surface area contributed by atoms with Crippen molar-refractivity contribution < 1.29 is 32.2 Å². The van der Waals surface area contributed by atoms with Gasteiger partial charge in [-0.2, -0.15) is 13.2 Å². The van der Waals surface area contributed by atoms with Gasteiger partial charge in [0.15, 0.2) is 5.76 Å². The van der Waals surface area contributed by atoms with Crippen LogP contribution in [0.2, 0.25) is 0 Å². The van der Waals surface area contributed by atoms with Gasteiger partial charge in [-0.3, -0.25) is 14.5 Å². The predicted octanol–water partition coefficient (Wildman–Crippen LogP) is 1.58. The molecule has 0 spiro atoms. The number of hydrogen-bond donors (Lipinski definition) is 1. The second-order valence-corrected chi connectivity index (χ2v) is 6.45. The fourth-order valence-electron chi connectivity index (χ4n) is 2.97. The number of carbonyl (C=O) groups excluding carboxylic acids is 2. The first kappa shape index (κ1) is 19.7. The van der Waals surface area contributed by atoms with Gasteiger partial charge in [0.25, 0.3) is 11.7 Å². The summed E-state index contributed by atoms with van der Waals surface area (Å²) in [5.41, 5.74) is -0.744. The van der Waals surface area contributed by atoms with Crippen LogP contribution >= 0.6 is 0 Å². The van der Waals surface area contributed by atoms with Crippen LogP contribution in [0.4, 0.5) is 19.0 Å². The Hall–Kier alpha value is -3.04. The lowest BCUT2D eigenvalue weighted by molar-refractivity contribution is -0.367. The van der Waals surface area contributed by atoms with E-state index in [0.29, 0.717) is 32.0 Å². The van der Waals surface area contributed by atoms with E-state index >= 15 is 0 Å². The fraction of sp³-hybridized carbons (Fsp3) is 0.389. The van der Waals surface area contributed by atoms with Crippen LogP contribution in [0.5, 0.6) is 0 Å². The summed E-state index contributed by atoms with van der Waals surface area (Å²) in [5.74, 6) is -0.0126. The van der Waals surface area contributed by atoms with Crippen LogP contribution in [-0.2, 0) is 11.0 Å². The van der Waals surface area contributed by atoms with Crippen molar-refractivity contribution in [1.82, 2.24) is 10.2 Å². The van der Waals surface area contributed by atoms with Crippen molar-refractivity contribution in [3.8, 4) is 0 Å². The zero-order chi connectivity index (χ0) is 20.3. The van der Waals surface area contributed by atoms with Crippen LogP contribution in [0.15, 0.2) is 41.1 Å². The smallest absolute Gasteiger partial charge is 0.419 e. The molecule has 0 radical (unpaired) electrons. The van der Waals surface area contributed by atoms with Gasteiger partial charge in [0.1, 0.15) is 25.3 Å². The molecule has 150 valence electrons. The van der Waals surface area contributed by atoms with E-state index in [2.05, 4.69) is 10.3 Å². The SMILES string of the molecule is C[C@H](NC(=O)c1ccco1)C(=O)N1CCN(c2ccc(C(F)(F)F)c[nH+]2)CC1. The Morgan fingerprint density at radius 3 is 2.43 bits per heavy atom. The number of alkyl halides is 3. The van der Waals surface area contributed by atoms with Crippen LogP contribution in [0.1, 0.15) is 23.0 Å². The quantitative estimate of drug-likeness (QED) is 0.850. The highest BCUT2D eigenvalue weighted by molar-refractivity contribution is 5.95. The molecular weight excluding hydrogens is 377 g/mol. The largest absolute Gasteiger partial charge is 0.459 e. The van der Waals surface area contributed by atoms with Gasteiger partial charge in [-0.25, -0.2) is 4.98 Å². The number of piperazine rings is 1. The standard InChI is InChI=1S/C18H19F3N4O3/c1-12(23-16(26)14-3-2-10-28-14)17(27)25-8-6-24(7-9-25)15-5-4-13(11-22-15)18(19,20)21/h2-5,10-12H,6-9H2,1H3,(H,23,26)/p+1/t12-/m0/s1. The molecule has 0 aromatic carbocycles. The summed E-state index contributed by atoms with van der Waals surface area (Å²) >= 11 is 0. The topological polar surface area (TPSA) is 79.9 Å². The fourth-order valence-corrected chi connectivity index (χ4v) is 2.97. The van der Waals surface area contributed by atoms with Gasteiger partial charge in [-0.05, 0) is 25.1 Å². The molecule has 2 N–H and O–H groups in total. The van der Waals surface area contributed by atoms with Gasteiger partial charge in [0.2, 0.25) is 5.91 Å². The highest BCUT2D eigenvalue weighted by Gasteiger charge is 2.33. The lowest BCUT2D eigenvalue weighted by Crippen LogP contribution is -2.54. The number of hydrogen-bond acceptors (Lipinski definition) is 4. The number of aromatic amines is 1. The summed E-state index contributed by atoms with van der Waals surface area (Å²) in [6.07, 6.45) is -2.09. The zero-order valence-corrected chi connectivity index (χ0v) is 15.1. The minimum Gasteiger partial charge on any atom is -0.459 e. The molecule has 0 saturated carbocycles. The number of rotatable bonds is 4. The molecule has 28 heavy (non-hydrogen) atoms. The summed E-state index contributed by atoms with van der Waals surface area (Å²) in [6.45, 7) is 3.32. The molecule has 1 aliphatic heterocycles. The van der Waals surface area contributed by atoms with Gasteiger partial charge < -0.3 is 14.6 Å². The summed E-state index contributed by atoms with van der Waals surface area (Å²) in [6, 6.07) is 4.77. The number of nitrogens with zero attached hydrogens (tertiary/aromatic N) is 2. The second-order valence-electron chi connectivity index (χ2n) is 6.45. The number of amides is 2. The van der Waals surface area contributed by atoms with Gasteiger partial charge in [-0.15, -0.1) is 0 Å². The molecule has 0 unspecified atom stereocenters. The van der Waals surface area contributed by atoms with E-state index in [1.54, 1.807) is 17.9 Å². The normalized spacial score (nSPS) is 16.0. The minimum absolute atomic E-state index is 0.127. The number of pyridine rings is 1. The molecule has 1 saturated heterocycles. The number of carbonyl (C=O) groups is 2. The summed E-state index contributed by atoms with van der Waals surface area (Å²) in [7, 11) is 0. The second kappa shape index (κ2) is 7.91. The third kappa shape index (κ3) is 4.44. The summed E-state index contributed by atoms with van der Waals surface area (Å²) in [5, 5.41) is 2.59. The van der Waals surface area contributed by atoms with Crippen LogP contribution in [-0.4, -0.2) is 48.9 Å². The number of nitrogens with one attached hydrogen (secondary N) is 2. The molecule has 2 aromatic rings. The third-order valence-corrected chi connectivity index (χ3v) is 4.52. The van der Waals surface area contributed by atoms with E-state index in [1.807, 2.05) is 4.90 Å². The molecule has 1 atom stereocenters. The van der Waals surface area contributed by atoms with Crippen LogP contribution < -0.4 is 15.2 Å². The average molecular weight is 397 g/mol. The van der Waals surface area contributed by atoms with Crippen molar-refractivity contribution >= 4 is 17.6 Å². The number of anilines is 1. The van der Waals surface area contributed by atoms with E-state index in [9.17, 15) is 22.8 Å². The number of halogens is 3. The maximum absolute atomic E-state index is 12.6. The highest BCUT2D eigenvalue weighted by atomic mass is 19.4. The first-order chi connectivity index (χ1) is 13.3. The monoisotopic (exact) mass is 397 g/mol. The highest BCUT2D eigenvalue weighted by Crippen LogP contribution is 2.28. The molecule has 1 aliphatic rings. The molecule has 3 rings (SSSR count). The molecule has 7 nitrogen and oxygen atoms in total. The van der Waals surface area contributed by atoms with Crippen molar-refractivity contribution in [2.45, 2.75) is 19.1 Å². The van der Waals surface area contributed by atoms with E-state index in [1.165, 1.54) is 18.4 Å². The summed E-state index contributed by atoms with van der Waals surface area (Å²) < 4.78 is 42.9. The van der Waals surface area contributed by atoms with Crippen molar-refractivity contribution in [2.75, 3.05) is 31.1 Å². The molecule has 2 aromatic heterocycles. The Morgan fingerprint density at radius 2 is 1.89 bits per heavy atom. The molecule has 1 fully saturated rings. The Bertz CT molecular complexity index is 814. The van der Waals surface area contributed by atoms with Gasteiger partial charge >= 0.3 is 6.18 Å². The number of aromatic nitrogens is 1. The average Bonchev–Trinajstić information content (AvgIpc) is 3.22. The maximum atomic E-state index is 12.6. The predicted molar refractivity (Wildman–Crippen MR) is 92.4 cm³/mol. The van der Waals surface area contributed by atoms with E-state index < -0.39 is 23.7 Å².